The largest absolute Gasteiger partial charge is 0.481 e. The Bertz CT molecular complexity index is 561. The fourth-order valence-electron chi connectivity index (χ4n) is 1.92. The number of carboxylic acid groups (broad SMARTS) is 1. The van der Waals surface area contributed by atoms with Gasteiger partial charge in [0.05, 0.1) is 24.9 Å². The first-order chi connectivity index (χ1) is 9.88. The second-order valence-corrected chi connectivity index (χ2v) is 5.29. The van der Waals surface area contributed by atoms with E-state index < -0.39 is 35.6 Å². The van der Waals surface area contributed by atoms with E-state index in [-0.39, 0.29) is 23.4 Å². The summed E-state index contributed by atoms with van der Waals surface area (Å²) in [5.41, 5.74) is -0.236. The number of carbonyl (C=O) groups is 2. The Balaban J connectivity index is 2.04. The summed E-state index contributed by atoms with van der Waals surface area (Å²) in [6.07, 6.45) is 0. The zero-order valence-electron chi connectivity index (χ0n) is 10.5. The second-order valence-electron chi connectivity index (χ2n) is 4.43. The van der Waals surface area contributed by atoms with E-state index >= 15 is 0 Å². The van der Waals surface area contributed by atoms with E-state index in [0.29, 0.717) is 6.07 Å². The van der Waals surface area contributed by atoms with Gasteiger partial charge in [0.1, 0.15) is 11.7 Å². The number of anilines is 1. The summed E-state index contributed by atoms with van der Waals surface area (Å²) in [6.45, 7) is 0.0480. The zero-order valence-corrected chi connectivity index (χ0v) is 12.1. The van der Waals surface area contributed by atoms with E-state index in [4.69, 9.17) is 9.84 Å². The van der Waals surface area contributed by atoms with Crippen LogP contribution in [0.15, 0.2) is 16.6 Å². The maximum absolute atomic E-state index is 13.6. The van der Waals surface area contributed by atoms with Gasteiger partial charge in [-0.15, -0.1) is 0 Å². The van der Waals surface area contributed by atoms with Crippen LogP contribution in [0.25, 0.3) is 0 Å². The maximum Gasteiger partial charge on any atom is 0.319 e. The first-order valence-corrected chi connectivity index (χ1v) is 6.70. The molecule has 3 N–H and O–H groups in total. The molecule has 0 aliphatic carbocycles. The molecule has 0 radical (unpaired) electrons. The molecule has 0 bridgehead atoms. The molecule has 0 saturated carbocycles. The minimum atomic E-state index is -1.09. The van der Waals surface area contributed by atoms with Crippen molar-refractivity contribution in [3.63, 3.8) is 0 Å². The first-order valence-electron chi connectivity index (χ1n) is 5.91. The van der Waals surface area contributed by atoms with Crippen LogP contribution in [0, 0.1) is 17.6 Å². The van der Waals surface area contributed by atoms with Crippen molar-refractivity contribution in [3.05, 3.63) is 28.2 Å². The lowest BCUT2D eigenvalue weighted by atomic mass is 10.0. The Morgan fingerprint density at radius 1 is 1.33 bits per heavy atom. The van der Waals surface area contributed by atoms with Crippen LogP contribution in [0.4, 0.5) is 19.3 Å². The molecule has 1 aromatic carbocycles. The van der Waals surface area contributed by atoms with Crippen LogP contribution in [0.2, 0.25) is 0 Å². The van der Waals surface area contributed by atoms with Gasteiger partial charge < -0.3 is 20.5 Å². The summed E-state index contributed by atoms with van der Waals surface area (Å²) in [5, 5.41) is 13.5. The molecule has 0 aromatic heterocycles. The van der Waals surface area contributed by atoms with Crippen LogP contribution < -0.4 is 10.6 Å². The van der Waals surface area contributed by atoms with Gasteiger partial charge in [-0.2, -0.15) is 0 Å². The number of hydrogen-bond donors (Lipinski definition) is 3. The van der Waals surface area contributed by atoms with Crippen LogP contribution in [0.5, 0.6) is 0 Å². The molecule has 6 nitrogen and oxygen atoms in total. The number of hydrogen-bond acceptors (Lipinski definition) is 3. The van der Waals surface area contributed by atoms with Gasteiger partial charge in [-0.1, -0.05) is 0 Å². The summed E-state index contributed by atoms with van der Waals surface area (Å²) < 4.78 is 31.5. The second kappa shape index (κ2) is 6.35. The van der Waals surface area contributed by atoms with Gasteiger partial charge in [0.2, 0.25) is 0 Å². The Morgan fingerprint density at radius 2 is 2.05 bits per heavy atom. The highest BCUT2D eigenvalue weighted by Crippen LogP contribution is 2.26. The van der Waals surface area contributed by atoms with Crippen molar-refractivity contribution in [1.82, 2.24) is 5.32 Å². The van der Waals surface area contributed by atoms with Crippen molar-refractivity contribution in [1.29, 1.82) is 0 Å². The molecule has 0 spiro atoms. The number of carbonyl (C=O) groups excluding carboxylic acids is 1. The van der Waals surface area contributed by atoms with E-state index in [2.05, 4.69) is 26.6 Å². The maximum atomic E-state index is 13.6. The molecule has 1 aliphatic heterocycles. The number of ether oxygens (including phenoxy) is 1. The lowest BCUT2D eigenvalue weighted by Crippen LogP contribution is -2.44. The topological polar surface area (TPSA) is 87.7 Å². The third kappa shape index (κ3) is 3.67. The zero-order chi connectivity index (χ0) is 15.6. The highest BCUT2D eigenvalue weighted by atomic mass is 79.9. The Labute approximate surface area is 126 Å². The quantitative estimate of drug-likeness (QED) is 0.764. The molecule has 1 fully saturated rings. The minimum absolute atomic E-state index is 0.00508. The van der Waals surface area contributed by atoms with Crippen molar-refractivity contribution < 1.29 is 28.2 Å². The molecule has 1 heterocycles. The Kier molecular flexibility index (Phi) is 4.73. The lowest BCUT2D eigenvalue weighted by Gasteiger charge is -2.17. The summed E-state index contributed by atoms with van der Waals surface area (Å²) in [4.78, 5) is 22.7. The normalized spacial score (nSPS) is 21.1. The number of aliphatic carboxylic acids is 1. The molecular weight excluding hydrogens is 354 g/mol. The van der Waals surface area contributed by atoms with Crippen LogP contribution in [0.1, 0.15) is 0 Å². The number of rotatable bonds is 3. The molecular formula is C12H11BrF2N2O4. The smallest absolute Gasteiger partial charge is 0.319 e. The average molecular weight is 365 g/mol. The summed E-state index contributed by atoms with van der Waals surface area (Å²) in [7, 11) is 0. The van der Waals surface area contributed by atoms with Gasteiger partial charge in [0.25, 0.3) is 0 Å². The Morgan fingerprint density at radius 3 is 2.67 bits per heavy atom. The fraction of sp³-hybridized carbons (Fsp3) is 0.333. The highest BCUT2D eigenvalue weighted by Gasteiger charge is 2.35. The van der Waals surface area contributed by atoms with Gasteiger partial charge in [0, 0.05) is 10.5 Å². The molecule has 1 aliphatic rings. The van der Waals surface area contributed by atoms with Gasteiger partial charge >= 0.3 is 12.0 Å². The molecule has 1 saturated heterocycles. The summed E-state index contributed by atoms with van der Waals surface area (Å²) >= 11 is 2.93. The van der Waals surface area contributed by atoms with Crippen LogP contribution in [-0.4, -0.2) is 36.4 Å². The summed E-state index contributed by atoms with van der Waals surface area (Å²) in [6, 6.07) is 0.101. The van der Waals surface area contributed by atoms with E-state index in [1.54, 1.807) is 0 Å². The molecule has 1 aromatic rings. The lowest BCUT2D eigenvalue weighted by molar-refractivity contribution is -0.142. The van der Waals surface area contributed by atoms with E-state index in [0.717, 1.165) is 6.07 Å². The van der Waals surface area contributed by atoms with E-state index in [1.165, 1.54) is 0 Å². The molecule has 2 unspecified atom stereocenters. The van der Waals surface area contributed by atoms with Gasteiger partial charge in [-0.3, -0.25) is 4.79 Å². The summed E-state index contributed by atoms with van der Waals surface area (Å²) in [5.74, 6) is -3.70. The molecule has 2 atom stereocenters. The standard InChI is InChI=1S/C12H11BrF2N2O4/c13-7-1-5(14)2-8(15)10(7)17-12(20)16-9-4-21-3-6(9)11(18)19/h1-2,6,9H,3-4H2,(H,18,19)(H2,16,17,20). The van der Waals surface area contributed by atoms with Crippen LogP contribution >= 0.6 is 15.9 Å². The minimum Gasteiger partial charge on any atom is -0.481 e. The number of benzene rings is 1. The van der Waals surface area contributed by atoms with Crippen LogP contribution in [-0.2, 0) is 9.53 Å². The molecule has 21 heavy (non-hydrogen) atoms. The number of carboxylic acids is 1. The number of amides is 2. The van der Waals surface area contributed by atoms with Crippen molar-refractivity contribution in [2.75, 3.05) is 18.5 Å². The number of halogens is 3. The van der Waals surface area contributed by atoms with Gasteiger partial charge in [-0.25, -0.2) is 13.6 Å². The molecule has 114 valence electrons. The van der Waals surface area contributed by atoms with Crippen molar-refractivity contribution in [2.24, 2.45) is 5.92 Å². The van der Waals surface area contributed by atoms with Crippen molar-refractivity contribution >= 4 is 33.6 Å². The van der Waals surface area contributed by atoms with Crippen molar-refractivity contribution in [3.8, 4) is 0 Å². The first kappa shape index (κ1) is 15.6. The predicted octanol–water partition coefficient (Wildman–Crippen LogP) is 1.95. The third-order valence-electron chi connectivity index (χ3n) is 2.96. The van der Waals surface area contributed by atoms with E-state index in [1.807, 2.05) is 0 Å². The number of nitrogens with one attached hydrogen (secondary N) is 2. The molecule has 9 heteroatoms. The Hall–Kier alpha value is -1.74. The SMILES string of the molecule is O=C(Nc1c(F)cc(F)cc1Br)NC1COCC1C(=O)O. The third-order valence-corrected chi connectivity index (χ3v) is 3.59. The highest BCUT2D eigenvalue weighted by molar-refractivity contribution is 9.10. The van der Waals surface area contributed by atoms with Crippen molar-refractivity contribution in [2.45, 2.75) is 6.04 Å². The molecule has 2 amide bonds. The van der Waals surface area contributed by atoms with E-state index in [9.17, 15) is 18.4 Å². The number of urea groups is 1. The monoisotopic (exact) mass is 364 g/mol. The molecule has 2 rings (SSSR count). The van der Waals surface area contributed by atoms with Gasteiger partial charge in [0.15, 0.2) is 5.82 Å². The average Bonchev–Trinajstić information content (AvgIpc) is 2.82. The van der Waals surface area contributed by atoms with Crippen LogP contribution in [0.3, 0.4) is 0 Å². The predicted molar refractivity (Wildman–Crippen MR) is 71.9 cm³/mol. The fourth-order valence-corrected chi connectivity index (χ4v) is 2.43. The van der Waals surface area contributed by atoms with Gasteiger partial charge in [-0.05, 0) is 22.0 Å².